The molecule has 0 amide bonds. The number of hydrogen-bond acceptors (Lipinski definition) is 2. The highest BCUT2D eigenvalue weighted by molar-refractivity contribution is 7.93. The van der Waals surface area contributed by atoms with Gasteiger partial charge in [-0.2, -0.15) is 0 Å². The van der Waals surface area contributed by atoms with Crippen LogP contribution >= 0.6 is 23.2 Å². The molecule has 3 nitrogen and oxygen atoms in total. The van der Waals surface area contributed by atoms with Crippen LogP contribution < -0.4 is 4.31 Å². The van der Waals surface area contributed by atoms with E-state index in [4.69, 9.17) is 23.2 Å². The molecule has 0 heterocycles. The first-order valence-corrected chi connectivity index (χ1v) is 8.35. The fourth-order valence-electron chi connectivity index (χ4n) is 1.80. The van der Waals surface area contributed by atoms with E-state index in [2.05, 4.69) is 0 Å². The van der Waals surface area contributed by atoms with Gasteiger partial charge in [0.2, 0.25) is 0 Å². The highest BCUT2D eigenvalue weighted by Gasteiger charge is 2.27. The Hall–Kier alpha value is -1.49. The van der Waals surface area contributed by atoms with Crippen LogP contribution in [0.5, 0.6) is 0 Å². The Morgan fingerprint density at radius 2 is 1.62 bits per heavy atom. The third-order valence-electron chi connectivity index (χ3n) is 2.83. The van der Waals surface area contributed by atoms with E-state index in [-0.39, 0.29) is 10.1 Å². The minimum atomic E-state index is -3.83. The number of aryl methyl sites for hydroxylation is 1. The normalized spacial score (nSPS) is 12.2. The van der Waals surface area contributed by atoms with Gasteiger partial charge in [-0.25, -0.2) is 12.7 Å². The molecule has 6 heteroatoms. The third kappa shape index (κ3) is 3.40. The molecule has 0 aliphatic rings. The number of hydrogen-bond donors (Lipinski definition) is 0. The molecule has 0 fully saturated rings. The highest BCUT2D eigenvalue weighted by Crippen LogP contribution is 2.29. The topological polar surface area (TPSA) is 37.4 Å². The minimum Gasteiger partial charge on any atom is -0.223 e. The smallest absolute Gasteiger partial charge is 0.223 e. The lowest BCUT2D eigenvalue weighted by atomic mass is 10.2. The summed E-state index contributed by atoms with van der Waals surface area (Å²) >= 11 is 11.6. The lowest BCUT2D eigenvalue weighted by molar-refractivity contribution is 0.595. The number of sulfonamides is 1. The Kier molecular flexibility index (Phi) is 4.93. The van der Waals surface area contributed by atoms with Crippen molar-refractivity contribution in [2.45, 2.75) is 11.8 Å². The molecule has 2 aromatic carbocycles. The number of nitrogens with zero attached hydrogens (tertiary/aromatic N) is 1. The number of benzene rings is 2. The van der Waals surface area contributed by atoms with Crippen LogP contribution in [0.3, 0.4) is 0 Å². The van der Waals surface area contributed by atoms with Crippen molar-refractivity contribution in [1.82, 2.24) is 0 Å². The molecular weight excluding hydrogens is 329 g/mol. The summed E-state index contributed by atoms with van der Waals surface area (Å²) in [5.74, 6) is 0. The van der Waals surface area contributed by atoms with Crippen molar-refractivity contribution in [3.05, 3.63) is 70.9 Å². The quantitative estimate of drug-likeness (QED) is 0.769. The molecule has 0 N–H and O–H groups in total. The summed E-state index contributed by atoms with van der Waals surface area (Å²) < 4.78 is 26.6. The maximum absolute atomic E-state index is 12.8. The van der Waals surface area contributed by atoms with Crippen molar-refractivity contribution < 1.29 is 8.42 Å². The van der Waals surface area contributed by atoms with Gasteiger partial charge in [-0.3, -0.25) is 0 Å². The molecule has 21 heavy (non-hydrogen) atoms. The third-order valence-corrected chi connectivity index (χ3v) is 5.29. The Labute approximate surface area is 134 Å². The van der Waals surface area contributed by atoms with Gasteiger partial charge < -0.3 is 0 Å². The number of rotatable bonds is 4. The lowest BCUT2D eigenvalue weighted by Gasteiger charge is -2.23. The summed E-state index contributed by atoms with van der Waals surface area (Å²) in [4.78, 5) is 0.147. The van der Waals surface area contributed by atoms with Gasteiger partial charge in [-0.1, -0.05) is 59.1 Å². The van der Waals surface area contributed by atoms with Gasteiger partial charge in [0.25, 0.3) is 10.0 Å². The molecule has 0 aliphatic carbocycles. The van der Waals surface area contributed by atoms with E-state index in [1.165, 1.54) is 0 Å². The van der Waals surface area contributed by atoms with Crippen LogP contribution in [0.15, 0.2) is 70.2 Å². The van der Waals surface area contributed by atoms with Crippen molar-refractivity contribution in [2.24, 2.45) is 0 Å². The number of para-hydroxylation sites is 1. The summed E-state index contributed by atoms with van der Waals surface area (Å²) in [6, 6.07) is 15.1. The molecule has 0 spiro atoms. The maximum Gasteiger partial charge on any atom is 0.269 e. The predicted molar refractivity (Wildman–Crippen MR) is 87.1 cm³/mol. The molecule has 0 bridgehead atoms. The monoisotopic (exact) mass is 341 g/mol. The molecule has 0 atom stereocenters. The van der Waals surface area contributed by atoms with Gasteiger partial charge in [0, 0.05) is 5.54 Å². The van der Waals surface area contributed by atoms with E-state index < -0.39 is 10.0 Å². The van der Waals surface area contributed by atoms with Crippen molar-refractivity contribution in [3.8, 4) is 0 Å². The zero-order chi connectivity index (χ0) is 15.5. The SMILES string of the molecule is Cc1ccc(S(=O)(=O)N(/C(Cl)=C\Cl)c2ccccc2)cc1. The Morgan fingerprint density at radius 3 is 2.14 bits per heavy atom. The van der Waals surface area contributed by atoms with Crippen LogP contribution in [0, 0.1) is 6.92 Å². The molecule has 0 unspecified atom stereocenters. The Bertz CT molecular complexity index is 741. The van der Waals surface area contributed by atoms with E-state index in [0.717, 1.165) is 15.4 Å². The summed E-state index contributed by atoms with van der Waals surface area (Å²) in [5, 5.41) is -0.0940. The lowest BCUT2D eigenvalue weighted by Crippen LogP contribution is -2.28. The summed E-state index contributed by atoms with van der Waals surface area (Å²) in [6.07, 6.45) is 0. The minimum absolute atomic E-state index is 0.0940. The second-order valence-corrected chi connectivity index (χ2v) is 6.74. The summed E-state index contributed by atoms with van der Waals surface area (Å²) in [5.41, 5.74) is 2.42. The maximum atomic E-state index is 12.8. The zero-order valence-corrected chi connectivity index (χ0v) is 13.5. The Morgan fingerprint density at radius 1 is 1.05 bits per heavy atom. The predicted octanol–water partition coefficient (Wildman–Crippen LogP) is 4.47. The van der Waals surface area contributed by atoms with E-state index in [9.17, 15) is 8.42 Å². The zero-order valence-electron chi connectivity index (χ0n) is 11.2. The van der Waals surface area contributed by atoms with Crippen LogP contribution in [0.25, 0.3) is 0 Å². The molecule has 2 rings (SSSR count). The van der Waals surface area contributed by atoms with Crippen molar-refractivity contribution in [2.75, 3.05) is 4.31 Å². The molecule has 110 valence electrons. The van der Waals surface area contributed by atoms with Crippen molar-refractivity contribution >= 4 is 38.9 Å². The van der Waals surface area contributed by atoms with Gasteiger partial charge in [0.15, 0.2) is 0 Å². The van der Waals surface area contributed by atoms with Crippen LogP contribution in [-0.2, 0) is 10.0 Å². The van der Waals surface area contributed by atoms with E-state index in [0.29, 0.717) is 5.69 Å². The van der Waals surface area contributed by atoms with Crippen LogP contribution in [0.4, 0.5) is 5.69 Å². The van der Waals surface area contributed by atoms with Gasteiger partial charge in [-0.05, 0) is 31.2 Å². The van der Waals surface area contributed by atoms with E-state index in [1.807, 2.05) is 6.92 Å². The van der Waals surface area contributed by atoms with Gasteiger partial charge in [-0.15, -0.1) is 0 Å². The fraction of sp³-hybridized carbons (Fsp3) is 0.0667. The van der Waals surface area contributed by atoms with Crippen LogP contribution in [0.2, 0.25) is 0 Å². The number of halogens is 2. The van der Waals surface area contributed by atoms with Gasteiger partial charge in [0.05, 0.1) is 10.6 Å². The fourth-order valence-corrected chi connectivity index (χ4v) is 3.70. The standard InChI is InChI=1S/C15H13Cl2NO2S/c1-12-7-9-14(10-8-12)21(19,20)18(15(17)11-16)13-5-3-2-4-6-13/h2-11H,1H3/b15-11-. The highest BCUT2D eigenvalue weighted by atomic mass is 35.5. The van der Waals surface area contributed by atoms with Gasteiger partial charge in [0.1, 0.15) is 5.16 Å². The molecule has 0 saturated carbocycles. The molecule has 0 saturated heterocycles. The van der Waals surface area contributed by atoms with Crippen LogP contribution in [-0.4, -0.2) is 8.42 Å². The second kappa shape index (κ2) is 6.52. The second-order valence-electron chi connectivity index (χ2n) is 4.35. The summed E-state index contributed by atoms with van der Waals surface area (Å²) in [6.45, 7) is 1.89. The largest absolute Gasteiger partial charge is 0.269 e. The summed E-state index contributed by atoms with van der Waals surface area (Å²) in [7, 11) is -3.83. The van der Waals surface area contributed by atoms with Crippen molar-refractivity contribution in [3.63, 3.8) is 0 Å². The molecular formula is C15H13Cl2NO2S. The Balaban J connectivity index is 2.58. The molecule has 0 aliphatic heterocycles. The molecule has 2 aromatic rings. The van der Waals surface area contributed by atoms with Crippen LogP contribution in [0.1, 0.15) is 5.56 Å². The van der Waals surface area contributed by atoms with Gasteiger partial charge >= 0.3 is 0 Å². The molecule has 0 radical (unpaired) electrons. The first-order valence-electron chi connectivity index (χ1n) is 6.10. The number of anilines is 1. The first kappa shape index (κ1) is 15.9. The van der Waals surface area contributed by atoms with E-state index >= 15 is 0 Å². The molecule has 0 aromatic heterocycles. The van der Waals surface area contributed by atoms with E-state index in [1.54, 1.807) is 54.6 Å². The average molecular weight is 342 g/mol. The van der Waals surface area contributed by atoms with Crippen molar-refractivity contribution in [1.29, 1.82) is 0 Å². The first-order chi connectivity index (χ1) is 9.96. The average Bonchev–Trinajstić information content (AvgIpc) is 2.48.